The number of aromatic nitrogens is 3. The van der Waals surface area contributed by atoms with Crippen molar-refractivity contribution in [3.05, 3.63) is 48.3 Å². The Kier molecular flexibility index (Phi) is 4.92. The third-order valence-corrected chi connectivity index (χ3v) is 4.46. The molecule has 2 aromatic rings. The fourth-order valence-corrected chi connectivity index (χ4v) is 2.94. The van der Waals surface area contributed by atoms with Gasteiger partial charge >= 0.3 is 0 Å². The van der Waals surface area contributed by atoms with Gasteiger partial charge < -0.3 is 10.6 Å². The number of carbonyl (C=O) groups is 2. The minimum absolute atomic E-state index is 0.0905. The summed E-state index contributed by atoms with van der Waals surface area (Å²) in [5.74, 6) is -0.764. The topological polar surface area (TPSA) is 94.1 Å². The van der Waals surface area contributed by atoms with Gasteiger partial charge in [-0.2, -0.15) is 9.90 Å². The molecule has 2 amide bonds. The zero-order valence-electron chi connectivity index (χ0n) is 14.1. The van der Waals surface area contributed by atoms with Crippen molar-refractivity contribution < 1.29 is 9.59 Å². The summed E-state index contributed by atoms with van der Waals surface area (Å²) in [6.45, 7) is 2.35. The monoisotopic (exact) mass is 339 g/mol. The molecule has 25 heavy (non-hydrogen) atoms. The van der Waals surface area contributed by atoms with Crippen molar-refractivity contribution in [2.45, 2.75) is 25.8 Å². The number of amides is 2. The van der Waals surface area contributed by atoms with Crippen molar-refractivity contribution in [1.29, 1.82) is 0 Å². The molecule has 1 aromatic heterocycles. The van der Waals surface area contributed by atoms with Crippen LogP contribution in [-0.2, 0) is 9.59 Å². The maximum absolute atomic E-state index is 12.5. The Balaban J connectivity index is 1.68. The summed E-state index contributed by atoms with van der Waals surface area (Å²) in [7, 11) is 0. The molecule has 0 unspecified atom stereocenters. The lowest BCUT2D eigenvalue weighted by Crippen LogP contribution is -2.48. The van der Waals surface area contributed by atoms with Gasteiger partial charge in [-0.15, -0.1) is 5.10 Å². The molecule has 0 bridgehead atoms. The molecule has 1 aliphatic rings. The van der Waals surface area contributed by atoms with Crippen molar-refractivity contribution in [2.24, 2.45) is 11.7 Å². The highest BCUT2D eigenvalue weighted by Gasteiger charge is 2.30. The first-order chi connectivity index (χ1) is 12.0. The normalized spacial score (nSPS) is 20.8. The van der Waals surface area contributed by atoms with E-state index in [1.54, 1.807) is 17.2 Å². The number of primary amides is 1. The van der Waals surface area contributed by atoms with Crippen LogP contribution in [0.2, 0.25) is 0 Å². The van der Waals surface area contributed by atoms with Crippen molar-refractivity contribution >= 4 is 17.9 Å². The van der Waals surface area contributed by atoms with E-state index in [2.05, 4.69) is 10.2 Å². The van der Waals surface area contributed by atoms with Crippen LogP contribution < -0.4 is 5.73 Å². The van der Waals surface area contributed by atoms with E-state index in [9.17, 15) is 9.59 Å². The molecule has 1 saturated heterocycles. The van der Waals surface area contributed by atoms with Gasteiger partial charge in [-0.25, -0.2) is 0 Å². The molecule has 2 atom stereocenters. The largest absolute Gasteiger partial charge is 0.369 e. The fraction of sp³-hybridized carbons (Fsp3) is 0.333. The van der Waals surface area contributed by atoms with E-state index < -0.39 is 0 Å². The number of carbonyl (C=O) groups excluding carboxylic acids is 2. The lowest BCUT2D eigenvalue weighted by molar-refractivity contribution is -0.133. The molecule has 0 radical (unpaired) electrons. The van der Waals surface area contributed by atoms with Crippen LogP contribution in [0.3, 0.4) is 0 Å². The molecule has 7 heteroatoms. The SMILES string of the molecule is C[C@@H]1CC[C@@H](C(N)=O)CN1C(=O)/C=C/c1cnn(-c2ccccc2)n1. The molecule has 130 valence electrons. The number of rotatable bonds is 4. The summed E-state index contributed by atoms with van der Waals surface area (Å²) in [4.78, 5) is 27.1. The van der Waals surface area contributed by atoms with Gasteiger partial charge in [0.2, 0.25) is 11.8 Å². The molecule has 7 nitrogen and oxygen atoms in total. The van der Waals surface area contributed by atoms with Crippen LogP contribution in [0.4, 0.5) is 0 Å². The summed E-state index contributed by atoms with van der Waals surface area (Å²) in [6, 6.07) is 9.63. The van der Waals surface area contributed by atoms with Gasteiger partial charge in [-0.05, 0) is 38.0 Å². The van der Waals surface area contributed by atoms with E-state index in [4.69, 9.17) is 5.73 Å². The summed E-state index contributed by atoms with van der Waals surface area (Å²) in [6.07, 6.45) is 6.21. The number of piperidine rings is 1. The lowest BCUT2D eigenvalue weighted by atomic mass is 9.93. The number of para-hydroxylation sites is 1. The Labute approximate surface area is 146 Å². The van der Waals surface area contributed by atoms with Crippen LogP contribution in [0.15, 0.2) is 42.6 Å². The number of benzene rings is 1. The molecular weight excluding hydrogens is 318 g/mol. The van der Waals surface area contributed by atoms with Crippen LogP contribution in [0.5, 0.6) is 0 Å². The lowest BCUT2D eigenvalue weighted by Gasteiger charge is -2.36. The van der Waals surface area contributed by atoms with Crippen LogP contribution in [0, 0.1) is 5.92 Å². The molecule has 1 aliphatic heterocycles. The first-order valence-electron chi connectivity index (χ1n) is 8.30. The maximum Gasteiger partial charge on any atom is 0.246 e. The van der Waals surface area contributed by atoms with Gasteiger partial charge in [0.25, 0.3) is 0 Å². The zero-order valence-corrected chi connectivity index (χ0v) is 14.1. The third kappa shape index (κ3) is 3.93. The fourth-order valence-electron chi connectivity index (χ4n) is 2.94. The third-order valence-electron chi connectivity index (χ3n) is 4.46. The first kappa shape index (κ1) is 16.9. The highest BCUT2D eigenvalue weighted by molar-refractivity contribution is 5.92. The Morgan fingerprint density at radius 2 is 2.00 bits per heavy atom. The van der Waals surface area contributed by atoms with E-state index in [0.717, 1.165) is 18.5 Å². The summed E-state index contributed by atoms with van der Waals surface area (Å²) in [5, 5.41) is 8.53. The van der Waals surface area contributed by atoms with Crippen molar-refractivity contribution in [3.8, 4) is 5.69 Å². The Morgan fingerprint density at radius 1 is 1.24 bits per heavy atom. The van der Waals surface area contributed by atoms with Gasteiger partial charge in [0.1, 0.15) is 5.69 Å². The molecule has 1 fully saturated rings. The second kappa shape index (κ2) is 7.29. The first-order valence-corrected chi connectivity index (χ1v) is 8.30. The molecule has 1 aromatic carbocycles. The smallest absolute Gasteiger partial charge is 0.246 e. The van der Waals surface area contributed by atoms with Gasteiger partial charge in [-0.1, -0.05) is 18.2 Å². The standard InChI is InChI=1S/C18H21N5O2/c1-13-7-8-14(18(19)25)12-22(13)17(24)10-9-15-11-20-23(21-15)16-5-3-2-4-6-16/h2-6,9-11,13-14H,7-8,12H2,1H3,(H2,19,25)/b10-9+/t13-,14-/m1/s1. The van der Waals surface area contributed by atoms with E-state index >= 15 is 0 Å². The summed E-state index contributed by atoms with van der Waals surface area (Å²) < 4.78 is 0. The second-order valence-electron chi connectivity index (χ2n) is 6.24. The molecular formula is C18H21N5O2. The molecule has 0 spiro atoms. The predicted octanol–water partition coefficient (Wildman–Crippen LogP) is 1.39. The number of nitrogens with two attached hydrogens (primary N) is 1. The number of likely N-dealkylation sites (tertiary alicyclic amines) is 1. The van der Waals surface area contributed by atoms with Crippen LogP contribution in [0.25, 0.3) is 11.8 Å². The average molecular weight is 339 g/mol. The number of hydrogen-bond donors (Lipinski definition) is 1. The summed E-state index contributed by atoms with van der Waals surface area (Å²) >= 11 is 0. The van der Waals surface area contributed by atoms with Gasteiger partial charge in [0, 0.05) is 18.7 Å². The van der Waals surface area contributed by atoms with Crippen LogP contribution >= 0.6 is 0 Å². The molecule has 2 N–H and O–H groups in total. The molecule has 2 heterocycles. The zero-order chi connectivity index (χ0) is 17.8. The van der Waals surface area contributed by atoms with Crippen molar-refractivity contribution in [2.75, 3.05) is 6.54 Å². The van der Waals surface area contributed by atoms with E-state index in [1.807, 2.05) is 37.3 Å². The van der Waals surface area contributed by atoms with Crippen LogP contribution in [0.1, 0.15) is 25.5 Å². The minimum Gasteiger partial charge on any atom is -0.369 e. The van der Waals surface area contributed by atoms with E-state index in [-0.39, 0.29) is 23.8 Å². The molecule has 3 rings (SSSR count). The predicted molar refractivity (Wildman–Crippen MR) is 93.5 cm³/mol. The summed E-state index contributed by atoms with van der Waals surface area (Å²) in [5.41, 5.74) is 6.82. The highest BCUT2D eigenvalue weighted by Crippen LogP contribution is 2.22. The Morgan fingerprint density at radius 3 is 2.72 bits per heavy atom. The number of nitrogens with zero attached hydrogens (tertiary/aromatic N) is 4. The molecule has 0 aliphatic carbocycles. The Hall–Kier alpha value is -2.96. The van der Waals surface area contributed by atoms with Crippen LogP contribution in [-0.4, -0.2) is 44.3 Å². The second-order valence-corrected chi connectivity index (χ2v) is 6.24. The van der Waals surface area contributed by atoms with E-state index in [0.29, 0.717) is 12.2 Å². The quantitative estimate of drug-likeness (QED) is 0.852. The van der Waals surface area contributed by atoms with E-state index in [1.165, 1.54) is 10.9 Å². The van der Waals surface area contributed by atoms with Crippen molar-refractivity contribution in [3.63, 3.8) is 0 Å². The maximum atomic E-state index is 12.5. The van der Waals surface area contributed by atoms with Gasteiger partial charge in [0.05, 0.1) is 17.8 Å². The average Bonchev–Trinajstić information content (AvgIpc) is 3.09. The number of hydrogen-bond acceptors (Lipinski definition) is 4. The van der Waals surface area contributed by atoms with Gasteiger partial charge in [-0.3, -0.25) is 9.59 Å². The highest BCUT2D eigenvalue weighted by atomic mass is 16.2. The molecule has 0 saturated carbocycles. The van der Waals surface area contributed by atoms with Gasteiger partial charge in [0.15, 0.2) is 0 Å². The minimum atomic E-state index is -0.348. The Bertz CT molecular complexity index is 784. The van der Waals surface area contributed by atoms with Crippen molar-refractivity contribution in [1.82, 2.24) is 19.9 Å².